The van der Waals surface area contributed by atoms with Crippen molar-refractivity contribution in [1.82, 2.24) is 24.6 Å². The highest BCUT2D eigenvalue weighted by Crippen LogP contribution is 2.20. The van der Waals surface area contributed by atoms with Gasteiger partial charge in [-0.15, -0.1) is 0 Å². The molecule has 1 atom stereocenters. The Morgan fingerprint density at radius 2 is 2.19 bits per heavy atom. The van der Waals surface area contributed by atoms with Gasteiger partial charge in [-0.2, -0.15) is 5.10 Å². The molecule has 7 nitrogen and oxygen atoms in total. The van der Waals surface area contributed by atoms with Crippen molar-refractivity contribution in [3.05, 3.63) is 12.0 Å². The minimum absolute atomic E-state index is 0.173. The monoisotopic (exact) mass is 288 g/mol. The normalized spacial score (nSPS) is 20.0. The third-order valence-corrected chi connectivity index (χ3v) is 4.10. The smallest absolute Gasteiger partial charge is 0.222 e. The number of nitrogen functional groups attached to an aromatic ring is 1. The first kappa shape index (κ1) is 13.8. The second-order valence-electron chi connectivity index (χ2n) is 5.78. The predicted molar refractivity (Wildman–Crippen MR) is 79.1 cm³/mol. The standard InChI is InChI=1S/C14H20N6O/c1-9-3-4-12(21)20(6-5-9)8-11-17-13(15)10-7-16-19(2)14(10)18-11/h7,9H,3-6,8H2,1-2H3,(H2,15,17,18). The minimum atomic E-state index is 0.173. The summed E-state index contributed by atoms with van der Waals surface area (Å²) >= 11 is 0. The van der Waals surface area contributed by atoms with Crippen molar-refractivity contribution in [3.8, 4) is 0 Å². The quantitative estimate of drug-likeness (QED) is 0.893. The third-order valence-electron chi connectivity index (χ3n) is 4.10. The average molecular weight is 288 g/mol. The number of likely N-dealkylation sites (tertiary alicyclic amines) is 1. The number of hydrogen-bond acceptors (Lipinski definition) is 5. The molecule has 1 aliphatic heterocycles. The van der Waals surface area contributed by atoms with Gasteiger partial charge >= 0.3 is 0 Å². The summed E-state index contributed by atoms with van der Waals surface area (Å²) < 4.78 is 1.67. The summed E-state index contributed by atoms with van der Waals surface area (Å²) in [5.41, 5.74) is 6.66. The van der Waals surface area contributed by atoms with Gasteiger partial charge in [0.25, 0.3) is 0 Å². The van der Waals surface area contributed by atoms with E-state index in [1.165, 1.54) is 0 Å². The van der Waals surface area contributed by atoms with Crippen LogP contribution in [-0.4, -0.2) is 37.1 Å². The van der Waals surface area contributed by atoms with Crippen molar-refractivity contribution >= 4 is 22.8 Å². The molecule has 3 heterocycles. The number of aromatic nitrogens is 4. The molecule has 1 amide bonds. The van der Waals surface area contributed by atoms with E-state index < -0.39 is 0 Å². The molecule has 112 valence electrons. The van der Waals surface area contributed by atoms with E-state index in [0.29, 0.717) is 36.2 Å². The van der Waals surface area contributed by atoms with Crippen LogP contribution >= 0.6 is 0 Å². The fourth-order valence-electron chi connectivity index (χ4n) is 2.67. The topological polar surface area (TPSA) is 89.9 Å². The van der Waals surface area contributed by atoms with Gasteiger partial charge in [-0.3, -0.25) is 9.48 Å². The van der Waals surface area contributed by atoms with Crippen LogP contribution in [0.4, 0.5) is 5.82 Å². The summed E-state index contributed by atoms with van der Waals surface area (Å²) in [7, 11) is 1.82. The fourth-order valence-corrected chi connectivity index (χ4v) is 2.67. The van der Waals surface area contributed by atoms with Crippen LogP contribution in [0.5, 0.6) is 0 Å². The van der Waals surface area contributed by atoms with E-state index in [1.807, 2.05) is 11.9 Å². The number of nitrogens with two attached hydrogens (primary N) is 1. The van der Waals surface area contributed by atoms with Gasteiger partial charge in [-0.25, -0.2) is 9.97 Å². The van der Waals surface area contributed by atoms with Crippen molar-refractivity contribution in [2.45, 2.75) is 32.7 Å². The summed E-state index contributed by atoms with van der Waals surface area (Å²) in [6.45, 7) is 3.36. The lowest BCUT2D eigenvalue weighted by Gasteiger charge is -2.19. The molecule has 1 fully saturated rings. The van der Waals surface area contributed by atoms with Crippen LogP contribution in [0.25, 0.3) is 11.0 Å². The maximum absolute atomic E-state index is 12.2. The molecule has 0 spiro atoms. The van der Waals surface area contributed by atoms with Crippen molar-refractivity contribution in [3.63, 3.8) is 0 Å². The van der Waals surface area contributed by atoms with Crippen LogP contribution in [0.1, 0.15) is 32.0 Å². The van der Waals surface area contributed by atoms with Crippen molar-refractivity contribution in [2.24, 2.45) is 13.0 Å². The zero-order valence-electron chi connectivity index (χ0n) is 12.4. The number of anilines is 1. The van der Waals surface area contributed by atoms with Crippen molar-refractivity contribution in [1.29, 1.82) is 0 Å². The average Bonchev–Trinajstić information content (AvgIpc) is 2.75. The summed E-state index contributed by atoms with van der Waals surface area (Å²) in [6, 6.07) is 0. The Kier molecular flexibility index (Phi) is 3.48. The highest BCUT2D eigenvalue weighted by Gasteiger charge is 2.21. The van der Waals surface area contributed by atoms with Crippen LogP contribution in [0.3, 0.4) is 0 Å². The number of carbonyl (C=O) groups excluding carboxylic acids is 1. The molecule has 2 N–H and O–H groups in total. The predicted octanol–water partition coefficient (Wildman–Crippen LogP) is 1.09. The van der Waals surface area contributed by atoms with Gasteiger partial charge in [0, 0.05) is 20.0 Å². The molecule has 1 unspecified atom stereocenters. The molecule has 21 heavy (non-hydrogen) atoms. The Balaban J connectivity index is 1.87. The molecule has 0 bridgehead atoms. The summed E-state index contributed by atoms with van der Waals surface area (Å²) in [5.74, 6) is 1.75. The molecule has 7 heteroatoms. The molecule has 0 radical (unpaired) electrons. The van der Waals surface area contributed by atoms with Crippen molar-refractivity contribution in [2.75, 3.05) is 12.3 Å². The number of rotatable bonds is 2. The van der Waals surface area contributed by atoms with E-state index in [4.69, 9.17) is 5.73 Å². The zero-order valence-corrected chi connectivity index (χ0v) is 12.4. The molecule has 1 aliphatic rings. The minimum Gasteiger partial charge on any atom is -0.383 e. The van der Waals surface area contributed by atoms with E-state index in [2.05, 4.69) is 22.0 Å². The third kappa shape index (κ3) is 2.68. The van der Waals surface area contributed by atoms with Crippen LogP contribution in [0, 0.1) is 5.92 Å². The number of hydrogen-bond donors (Lipinski definition) is 1. The summed E-state index contributed by atoms with van der Waals surface area (Å²) in [4.78, 5) is 22.8. The van der Waals surface area contributed by atoms with Gasteiger partial charge in [-0.1, -0.05) is 6.92 Å². The lowest BCUT2D eigenvalue weighted by Crippen LogP contribution is -2.30. The van der Waals surface area contributed by atoms with Gasteiger partial charge in [0.15, 0.2) is 11.5 Å². The lowest BCUT2D eigenvalue weighted by molar-refractivity contribution is -0.131. The Hall–Kier alpha value is -2.18. The molecule has 2 aromatic rings. The molecule has 0 saturated carbocycles. The van der Waals surface area contributed by atoms with E-state index in [-0.39, 0.29) is 5.91 Å². The fraction of sp³-hybridized carbons (Fsp3) is 0.571. The Morgan fingerprint density at radius 1 is 1.38 bits per heavy atom. The Morgan fingerprint density at radius 3 is 3.00 bits per heavy atom. The zero-order chi connectivity index (χ0) is 15.0. The first-order chi connectivity index (χ1) is 10.0. The maximum atomic E-state index is 12.2. The van der Waals surface area contributed by atoms with Crippen LogP contribution < -0.4 is 5.73 Å². The van der Waals surface area contributed by atoms with Crippen LogP contribution in [-0.2, 0) is 18.4 Å². The van der Waals surface area contributed by atoms with Crippen LogP contribution in [0.15, 0.2) is 6.20 Å². The molecular formula is C14H20N6O. The lowest BCUT2D eigenvalue weighted by atomic mass is 10.0. The van der Waals surface area contributed by atoms with Gasteiger partial charge < -0.3 is 10.6 Å². The highest BCUT2D eigenvalue weighted by molar-refractivity contribution is 5.85. The molecule has 2 aromatic heterocycles. The molecule has 0 aromatic carbocycles. The first-order valence-electron chi connectivity index (χ1n) is 7.26. The second kappa shape index (κ2) is 5.31. The van der Waals surface area contributed by atoms with Crippen LogP contribution in [0.2, 0.25) is 0 Å². The van der Waals surface area contributed by atoms with Gasteiger partial charge in [0.2, 0.25) is 5.91 Å². The maximum Gasteiger partial charge on any atom is 0.222 e. The molecule has 1 saturated heterocycles. The van der Waals surface area contributed by atoms with E-state index in [1.54, 1.807) is 10.9 Å². The first-order valence-corrected chi connectivity index (χ1v) is 7.26. The van der Waals surface area contributed by atoms with Crippen molar-refractivity contribution < 1.29 is 4.79 Å². The van der Waals surface area contributed by atoms with E-state index in [9.17, 15) is 4.79 Å². The van der Waals surface area contributed by atoms with Gasteiger partial charge in [-0.05, 0) is 18.8 Å². The molecule has 3 rings (SSSR count). The largest absolute Gasteiger partial charge is 0.383 e. The number of fused-ring (bicyclic) bond motifs is 1. The van der Waals surface area contributed by atoms with Gasteiger partial charge in [0.1, 0.15) is 5.82 Å². The number of aryl methyl sites for hydroxylation is 1. The molecular weight excluding hydrogens is 268 g/mol. The van der Waals surface area contributed by atoms with Gasteiger partial charge in [0.05, 0.1) is 18.1 Å². The summed E-state index contributed by atoms with van der Waals surface area (Å²) in [6.07, 6.45) is 4.24. The van der Waals surface area contributed by atoms with E-state index >= 15 is 0 Å². The molecule has 0 aliphatic carbocycles. The van der Waals surface area contributed by atoms with E-state index in [0.717, 1.165) is 24.8 Å². The second-order valence-corrected chi connectivity index (χ2v) is 5.78. The Bertz CT molecular complexity index is 679. The number of amides is 1. The highest BCUT2D eigenvalue weighted by atomic mass is 16.2. The Labute approximate surface area is 123 Å². The summed E-state index contributed by atoms with van der Waals surface area (Å²) in [5, 5.41) is 4.89. The number of nitrogens with zero attached hydrogens (tertiary/aromatic N) is 5. The SMILES string of the molecule is CC1CCC(=O)N(Cc2nc(N)c3cnn(C)c3n2)CC1. The number of carbonyl (C=O) groups is 1.